The van der Waals surface area contributed by atoms with Crippen molar-refractivity contribution in [3.8, 4) is 0 Å². The molecule has 0 bridgehead atoms. The van der Waals surface area contributed by atoms with Crippen molar-refractivity contribution in [2.24, 2.45) is 17.8 Å². The summed E-state index contributed by atoms with van der Waals surface area (Å²) in [5.41, 5.74) is 1.000. The summed E-state index contributed by atoms with van der Waals surface area (Å²) in [6.07, 6.45) is 2.19. The van der Waals surface area contributed by atoms with E-state index in [0.29, 0.717) is 38.6 Å². The zero-order chi connectivity index (χ0) is 38.5. The van der Waals surface area contributed by atoms with Crippen LogP contribution in [0.1, 0.15) is 106 Å². The van der Waals surface area contributed by atoms with Gasteiger partial charge < -0.3 is 37.0 Å². The Morgan fingerprint density at radius 2 is 1.29 bits per heavy atom. The summed E-state index contributed by atoms with van der Waals surface area (Å²) >= 11 is 0. The average molecular weight is 717 g/mol. The highest BCUT2D eigenvalue weighted by Crippen LogP contribution is 2.12. The van der Waals surface area contributed by atoms with E-state index in [1.54, 1.807) is 0 Å². The third-order valence-electron chi connectivity index (χ3n) is 8.39. The zero-order valence-corrected chi connectivity index (χ0v) is 32.0. The molecule has 288 valence electrons. The zero-order valence-electron chi connectivity index (χ0n) is 32.0. The van der Waals surface area contributed by atoms with Crippen LogP contribution < -0.4 is 31.9 Å². The molecule has 1 aromatic rings. The summed E-state index contributed by atoms with van der Waals surface area (Å²) in [7, 11) is 0. The van der Waals surface area contributed by atoms with Gasteiger partial charge in [0.2, 0.25) is 29.5 Å². The van der Waals surface area contributed by atoms with Crippen LogP contribution in [0.25, 0.3) is 0 Å². The van der Waals surface area contributed by atoms with Crippen molar-refractivity contribution in [2.75, 3.05) is 13.1 Å². The molecule has 5 amide bonds. The van der Waals surface area contributed by atoms with Crippen LogP contribution in [0.15, 0.2) is 30.3 Å². The fraction of sp³-hybridized carbons (Fsp3) is 0.684. The second kappa shape index (κ2) is 24.2. The highest BCUT2D eigenvalue weighted by atomic mass is 16.4. The minimum atomic E-state index is -0.998. The molecule has 2 unspecified atom stereocenters. The van der Waals surface area contributed by atoms with Gasteiger partial charge in [0.05, 0.1) is 6.04 Å². The number of aliphatic carboxylic acids is 1. The number of amides is 5. The molecule has 1 rings (SSSR count). The molecule has 0 aliphatic rings. The van der Waals surface area contributed by atoms with E-state index in [0.717, 1.165) is 5.56 Å². The van der Waals surface area contributed by atoms with Gasteiger partial charge >= 0.3 is 5.97 Å². The van der Waals surface area contributed by atoms with Gasteiger partial charge in [0, 0.05) is 32.0 Å². The van der Waals surface area contributed by atoms with Crippen LogP contribution >= 0.6 is 0 Å². The van der Waals surface area contributed by atoms with E-state index < -0.39 is 42.0 Å². The molecule has 7 N–H and O–H groups in total. The second-order valence-corrected chi connectivity index (χ2v) is 14.4. The summed E-state index contributed by atoms with van der Waals surface area (Å²) in [6.45, 7) is 16.1. The molecule has 0 spiro atoms. The highest BCUT2D eigenvalue weighted by Gasteiger charge is 2.30. The lowest BCUT2D eigenvalue weighted by molar-refractivity contribution is -0.137. The molecule has 0 saturated carbocycles. The van der Waals surface area contributed by atoms with Crippen molar-refractivity contribution in [1.82, 2.24) is 31.9 Å². The number of nitrogens with one attached hydrogen (secondary N) is 6. The van der Waals surface area contributed by atoms with Gasteiger partial charge in [-0.05, 0) is 68.8 Å². The standard InChI is InChI=1S/C38H64N6O7/c1-9-29(35(48)44-34(26(7)8)38(51)39-10-2)40-23-28(21-24(3)4)41-36(49)30(20-19-27-15-12-11-13-16-27)43-37(50)31(22-25(5)6)42-32(45)17-14-18-33(46)47/h11-13,15-16,24-26,28-31,34,40H,9-10,14,17-23H2,1-8H3,(H,39,51)(H,41,49)(H,42,45)(H,43,50)(H,44,48)(H,46,47)/t28?,29-,30-,31-,34?/m0/s1. The number of likely N-dealkylation sites (N-methyl/N-ethyl adjacent to an activating group) is 1. The Balaban J connectivity index is 3.16. The fourth-order valence-electron chi connectivity index (χ4n) is 5.71. The number of carbonyl (C=O) groups excluding carboxylic acids is 5. The Labute approximate surface area is 304 Å². The first-order chi connectivity index (χ1) is 24.1. The van der Waals surface area contributed by atoms with Crippen LogP contribution in [-0.2, 0) is 35.2 Å². The summed E-state index contributed by atoms with van der Waals surface area (Å²) in [6, 6.07) is 6.15. The topological polar surface area (TPSA) is 195 Å². The Bertz CT molecular complexity index is 1240. The first-order valence-corrected chi connectivity index (χ1v) is 18.5. The molecule has 0 aliphatic heterocycles. The maximum Gasteiger partial charge on any atom is 0.303 e. The van der Waals surface area contributed by atoms with Gasteiger partial charge in [0.1, 0.15) is 18.1 Å². The van der Waals surface area contributed by atoms with Crippen molar-refractivity contribution in [3.63, 3.8) is 0 Å². The van der Waals surface area contributed by atoms with Crippen molar-refractivity contribution in [3.05, 3.63) is 35.9 Å². The lowest BCUT2D eigenvalue weighted by Crippen LogP contribution is -2.58. The number of carbonyl (C=O) groups is 6. The van der Waals surface area contributed by atoms with E-state index in [9.17, 15) is 28.8 Å². The number of hydrogen-bond donors (Lipinski definition) is 7. The SMILES string of the molecule is CCNC(=O)C(NC(=O)[C@H](CC)NCC(CC(C)C)NC(=O)[C@H](CCc1ccccc1)NC(=O)[C@H](CC(C)C)NC(=O)CCCC(=O)O)C(C)C. The maximum absolute atomic E-state index is 13.9. The molecule has 0 fully saturated rings. The third-order valence-corrected chi connectivity index (χ3v) is 8.39. The monoisotopic (exact) mass is 716 g/mol. The lowest BCUT2D eigenvalue weighted by atomic mass is 9.99. The largest absolute Gasteiger partial charge is 0.481 e. The summed E-state index contributed by atoms with van der Waals surface area (Å²) in [5, 5.41) is 26.6. The Kier molecular flexibility index (Phi) is 21.4. The normalized spacial score (nSPS) is 14.3. The highest BCUT2D eigenvalue weighted by molar-refractivity contribution is 5.92. The maximum atomic E-state index is 13.9. The summed E-state index contributed by atoms with van der Waals surface area (Å²) < 4.78 is 0. The van der Waals surface area contributed by atoms with E-state index in [2.05, 4.69) is 31.9 Å². The first kappa shape index (κ1) is 45.0. The van der Waals surface area contributed by atoms with E-state index in [-0.39, 0.29) is 67.3 Å². The van der Waals surface area contributed by atoms with Gasteiger partial charge in [-0.2, -0.15) is 0 Å². The summed E-state index contributed by atoms with van der Waals surface area (Å²) in [5.74, 6) is -2.68. The molecular weight excluding hydrogens is 652 g/mol. The molecule has 0 aromatic heterocycles. The quantitative estimate of drug-likeness (QED) is 0.0802. The van der Waals surface area contributed by atoms with E-state index in [1.165, 1.54) is 0 Å². The van der Waals surface area contributed by atoms with Gasteiger partial charge in [-0.15, -0.1) is 0 Å². The van der Waals surface area contributed by atoms with Crippen molar-refractivity contribution in [1.29, 1.82) is 0 Å². The molecule has 51 heavy (non-hydrogen) atoms. The number of hydrogen-bond acceptors (Lipinski definition) is 7. The molecule has 0 saturated heterocycles. The molecule has 0 aliphatic carbocycles. The molecule has 0 heterocycles. The van der Waals surface area contributed by atoms with Crippen LogP contribution in [0.2, 0.25) is 0 Å². The number of rotatable bonds is 25. The molecule has 13 nitrogen and oxygen atoms in total. The molecular formula is C38H64N6O7. The van der Waals surface area contributed by atoms with Crippen LogP contribution in [0.5, 0.6) is 0 Å². The molecule has 13 heteroatoms. The lowest BCUT2D eigenvalue weighted by Gasteiger charge is -2.29. The van der Waals surface area contributed by atoms with Gasteiger partial charge in [0.15, 0.2) is 0 Å². The molecule has 5 atom stereocenters. The second-order valence-electron chi connectivity index (χ2n) is 14.4. The van der Waals surface area contributed by atoms with Gasteiger partial charge in [-0.3, -0.25) is 28.8 Å². The molecule has 0 radical (unpaired) electrons. The van der Waals surface area contributed by atoms with Crippen molar-refractivity contribution in [2.45, 2.75) is 137 Å². The van der Waals surface area contributed by atoms with Gasteiger partial charge in [-0.25, -0.2) is 0 Å². The van der Waals surface area contributed by atoms with Crippen molar-refractivity contribution >= 4 is 35.5 Å². The summed E-state index contributed by atoms with van der Waals surface area (Å²) in [4.78, 5) is 77.0. The third kappa shape index (κ3) is 18.7. The van der Waals surface area contributed by atoms with Crippen LogP contribution in [0.4, 0.5) is 0 Å². The number of carboxylic acid groups (broad SMARTS) is 1. The average Bonchev–Trinajstić information content (AvgIpc) is 3.04. The van der Waals surface area contributed by atoms with Gasteiger partial charge in [0.25, 0.3) is 0 Å². The van der Waals surface area contributed by atoms with Crippen LogP contribution in [0, 0.1) is 17.8 Å². The number of carboxylic acids is 1. The van der Waals surface area contributed by atoms with E-state index in [4.69, 9.17) is 5.11 Å². The Morgan fingerprint density at radius 1 is 0.686 bits per heavy atom. The van der Waals surface area contributed by atoms with E-state index >= 15 is 0 Å². The van der Waals surface area contributed by atoms with Gasteiger partial charge in [-0.1, -0.05) is 78.8 Å². The predicted molar refractivity (Wildman–Crippen MR) is 198 cm³/mol. The minimum Gasteiger partial charge on any atom is -0.481 e. The predicted octanol–water partition coefficient (Wildman–Crippen LogP) is 3.07. The number of aryl methyl sites for hydroxylation is 1. The van der Waals surface area contributed by atoms with Crippen LogP contribution in [-0.4, -0.2) is 83.9 Å². The Morgan fingerprint density at radius 3 is 1.84 bits per heavy atom. The van der Waals surface area contributed by atoms with E-state index in [1.807, 2.05) is 85.7 Å². The van der Waals surface area contributed by atoms with Crippen LogP contribution in [0.3, 0.4) is 0 Å². The fourth-order valence-corrected chi connectivity index (χ4v) is 5.71. The minimum absolute atomic E-state index is 0.0309. The molecule has 1 aromatic carbocycles. The Hall–Kier alpha value is -4.00. The smallest absolute Gasteiger partial charge is 0.303 e. The first-order valence-electron chi connectivity index (χ1n) is 18.5. The number of benzene rings is 1. The van der Waals surface area contributed by atoms with Crippen molar-refractivity contribution < 1.29 is 33.9 Å².